The number of hydrogen-bond donors (Lipinski definition) is 1. The Morgan fingerprint density at radius 3 is 2.76 bits per heavy atom. The molecule has 0 radical (unpaired) electrons. The van der Waals surface area contributed by atoms with Gasteiger partial charge in [-0.2, -0.15) is 0 Å². The Morgan fingerprint density at radius 2 is 2.00 bits per heavy atom. The molecule has 2 aromatic carbocycles. The van der Waals surface area contributed by atoms with Gasteiger partial charge in [0.25, 0.3) is 0 Å². The van der Waals surface area contributed by atoms with Crippen LogP contribution in [0.15, 0.2) is 42.5 Å². The van der Waals surface area contributed by atoms with E-state index in [4.69, 9.17) is 4.74 Å². The molecule has 1 N–H and O–H groups in total. The standard InChI is InChI=1S/C18H20FNO/c1-2-20-17(12-13-6-8-15(19)9-7-13)16-5-3-4-14-10-11-21-18(14)16/h3-9,17,20H,2,10-12H2,1H3. The smallest absolute Gasteiger partial charge is 0.127 e. The van der Waals surface area contributed by atoms with Crippen LogP contribution in [-0.2, 0) is 12.8 Å². The molecule has 0 bridgehead atoms. The van der Waals surface area contributed by atoms with Crippen molar-refractivity contribution >= 4 is 0 Å². The molecule has 0 spiro atoms. The van der Waals surface area contributed by atoms with Gasteiger partial charge in [-0.1, -0.05) is 37.3 Å². The van der Waals surface area contributed by atoms with E-state index in [2.05, 4.69) is 30.4 Å². The maximum absolute atomic E-state index is 13.0. The second kappa shape index (κ2) is 6.27. The molecule has 0 aromatic heterocycles. The van der Waals surface area contributed by atoms with E-state index in [1.807, 2.05) is 12.1 Å². The Morgan fingerprint density at radius 1 is 1.19 bits per heavy atom. The SMILES string of the molecule is CCNC(Cc1ccc(F)cc1)c1cccc2c1OCC2. The van der Waals surface area contributed by atoms with Crippen molar-refractivity contribution in [2.75, 3.05) is 13.2 Å². The largest absolute Gasteiger partial charge is 0.493 e. The first-order chi connectivity index (χ1) is 10.3. The summed E-state index contributed by atoms with van der Waals surface area (Å²) in [5.74, 6) is 0.841. The molecule has 0 saturated carbocycles. The van der Waals surface area contributed by atoms with Crippen molar-refractivity contribution in [3.8, 4) is 5.75 Å². The summed E-state index contributed by atoms with van der Waals surface area (Å²) < 4.78 is 18.9. The quantitative estimate of drug-likeness (QED) is 0.905. The average Bonchev–Trinajstić information content (AvgIpc) is 2.97. The maximum atomic E-state index is 13.0. The van der Waals surface area contributed by atoms with Gasteiger partial charge in [0.15, 0.2) is 0 Å². The lowest BCUT2D eigenvalue weighted by Gasteiger charge is -2.21. The van der Waals surface area contributed by atoms with Crippen molar-refractivity contribution in [2.24, 2.45) is 0 Å². The van der Waals surface area contributed by atoms with Crippen LogP contribution >= 0.6 is 0 Å². The van der Waals surface area contributed by atoms with Crippen LogP contribution in [0.4, 0.5) is 4.39 Å². The monoisotopic (exact) mass is 285 g/mol. The van der Waals surface area contributed by atoms with Gasteiger partial charge in [-0.3, -0.25) is 0 Å². The van der Waals surface area contributed by atoms with Crippen molar-refractivity contribution in [3.63, 3.8) is 0 Å². The minimum absolute atomic E-state index is 0.188. The summed E-state index contributed by atoms with van der Waals surface area (Å²) in [7, 11) is 0. The van der Waals surface area contributed by atoms with E-state index in [1.165, 1.54) is 23.3 Å². The molecular formula is C18H20FNO. The zero-order valence-corrected chi connectivity index (χ0v) is 12.2. The molecule has 1 heterocycles. The molecule has 1 aliphatic heterocycles. The van der Waals surface area contributed by atoms with Gasteiger partial charge in [0, 0.05) is 18.0 Å². The number of likely N-dealkylation sites (N-methyl/N-ethyl adjacent to an activating group) is 1. The van der Waals surface area contributed by atoms with Crippen LogP contribution in [0, 0.1) is 5.82 Å². The number of ether oxygens (including phenoxy) is 1. The summed E-state index contributed by atoms with van der Waals surface area (Å²) in [4.78, 5) is 0. The molecule has 1 aliphatic rings. The number of para-hydroxylation sites is 1. The summed E-state index contributed by atoms with van der Waals surface area (Å²) in [6, 6.07) is 13.3. The molecule has 0 saturated heterocycles. The number of rotatable bonds is 5. The number of hydrogen-bond acceptors (Lipinski definition) is 2. The molecule has 3 heteroatoms. The minimum Gasteiger partial charge on any atom is -0.493 e. The van der Waals surface area contributed by atoms with Gasteiger partial charge in [0.05, 0.1) is 6.61 Å². The van der Waals surface area contributed by atoms with Crippen LogP contribution in [-0.4, -0.2) is 13.2 Å². The molecule has 2 aromatic rings. The van der Waals surface area contributed by atoms with Gasteiger partial charge in [-0.05, 0) is 36.2 Å². The van der Waals surface area contributed by atoms with E-state index >= 15 is 0 Å². The number of nitrogens with one attached hydrogen (secondary N) is 1. The van der Waals surface area contributed by atoms with E-state index in [0.29, 0.717) is 0 Å². The lowest BCUT2D eigenvalue weighted by molar-refractivity contribution is 0.348. The molecule has 21 heavy (non-hydrogen) atoms. The van der Waals surface area contributed by atoms with Gasteiger partial charge in [0.1, 0.15) is 11.6 Å². The number of halogens is 1. The van der Waals surface area contributed by atoms with Crippen molar-refractivity contribution in [1.29, 1.82) is 0 Å². The van der Waals surface area contributed by atoms with E-state index in [-0.39, 0.29) is 11.9 Å². The van der Waals surface area contributed by atoms with Crippen molar-refractivity contribution in [3.05, 3.63) is 65.0 Å². The molecule has 110 valence electrons. The third kappa shape index (κ3) is 3.08. The fraction of sp³-hybridized carbons (Fsp3) is 0.333. The normalized spacial score (nSPS) is 14.6. The number of fused-ring (bicyclic) bond motifs is 1. The van der Waals surface area contributed by atoms with Crippen molar-refractivity contribution in [2.45, 2.75) is 25.8 Å². The highest BCUT2D eigenvalue weighted by Crippen LogP contribution is 2.34. The first-order valence-corrected chi connectivity index (χ1v) is 7.50. The molecule has 0 amide bonds. The zero-order chi connectivity index (χ0) is 14.7. The van der Waals surface area contributed by atoms with Gasteiger partial charge < -0.3 is 10.1 Å². The summed E-state index contributed by atoms with van der Waals surface area (Å²) in [6.45, 7) is 3.75. The molecule has 0 fully saturated rings. The third-order valence-corrected chi connectivity index (χ3v) is 3.92. The van der Waals surface area contributed by atoms with Crippen LogP contribution in [0.3, 0.4) is 0 Å². The lowest BCUT2D eigenvalue weighted by Crippen LogP contribution is -2.23. The maximum Gasteiger partial charge on any atom is 0.127 e. The predicted octanol–water partition coefficient (Wildman–Crippen LogP) is 3.65. The Hall–Kier alpha value is -1.87. The fourth-order valence-corrected chi connectivity index (χ4v) is 2.91. The summed E-state index contributed by atoms with van der Waals surface area (Å²) in [5.41, 5.74) is 3.61. The molecular weight excluding hydrogens is 265 g/mol. The molecule has 1 atom stereocenters. The first-order valence-electron chi connectivity index (χ1n) is 7.50. The van der Waals surface area contributed by atoms with Gasteiger partial charge in [-0.15, -0.1) is 0 Å². The predicted molar refractivity (Wildman–Crippen MR) is 82.2 cm³/mol. The Kier molecular flexibility index (Phi) is 4.20. The molecule has 1 unspecified atom stereocenters. The Bertz CT molecular complexity index is 609. The highest BCUT2D eigenvalue weighted by molar-refractivity contribution is 5.46. The second-order valence-corrected chi connectivity index (χ2v) is 5.37. The molecule has 0 aliphatic carbocycles. The average molecular weight is 285 g/mol. The highest BCUT2D eigenvalue weighted by Gasteiger charge is 2.21. The minimum atomic E-state index is -0.192. The van der Waals surface area contributed by atoms with E-state index in [0.717, 1.165) is 37.3 Å². The first kappa shape index (κ1) is 14.1. The van der Waals surface area contributed by atoms with Crippen LogP contribution in [0.25, 0.3) is 0 Å². The second-order valence-electron chi connectivity index (χ2n) is 5.37. The van der Waals surface area contributed by atoms with E-state index < -0.39 is 0 Å². The Labute approximate surface area is 125 Å². The van der Waals surface area contributed by atoms with Crippen molar-refractivity contribution in [1.82, 2.24) is 5.32 Å². The van der Waals surface area contributed by atoms with Crippen molar-refractivity contribution < 1.29 is 9.13 Å². The fourth-order valence-electron chi connectivity index (χ4n) is 2.91. The van der Waals surface area contributed by atoms with Crippen LogP contribution in [0.1, 0.15) is 29.7 Å². The van der Waals surface area contributed by atoms with Crippen LogP contribution in [0.2, 0.25) is 0 Å². The number of benzene rings is 2. The Balaban J connectivity index is 1.88. The highest BCUT2D eigenvalue weighted by atomic mass is 19.1. The van der Waals surface area contributed by atoms with Gasteiger partial charge >= 0.3 is 0 Å². The van der Waals surface area contributed by atoms with Gasteiger partial charge in [0.2, 0.25) is 0 Å². The molecule has 3 rings (SSSR count). The zero-order valence-electron chi connectivity index (χ0n) is 12.2. The van der Waals surface area contributed by atoms with E-state index in [1.54, 1.807) is 0 Å². The lowest BCUT2D eigenvalue weighted by atomic mass is 9.96. The summed E-state index contributed by atoms with van der Waals surface area (Å²) in [5, 5.41) is 3.52. The third-order valence-electron chi connectivity index (χ3n) is 3.92. The van der Waals surface area contributed by atoms with E-state index in [9.17, 15) is 4.39 Å². The van der Waals surface area contributed by atoms with Gasteiger partial charge in [-0.25, -0.2) is 4.39 Å². The van der Waals surface area contributed by atoms with Crippen LogP contribution in [0.5, 0.6) is 5.75 Å². The summed E-state index contributed by atoms with van der Waals surface area (Å²) in [6.07, 6.45) is 1.81. The molecule has 2 nitrogen and oxygen atoms in total. The topological polar surface area (TPSA) is 21.3 Å². The van der Waals surface area contributed by atoms with Crippen LogP contribution < -0.4 is 10.1 Å². The summed E-state index contributed by atoms with van der Waals surface area (Å²) >= 11 is 0.